The van der Waals surface area contributed by atoms with Gasteiger partial charge < -0.3 is 15.0 Å². The van der Waals surface area contributed by atoms with Crippen LogP contribution in [0.4, 0.5) is 11.4 Å². The lowest BCUT2D eigenvalue weighted by Crippen LogP contribution is -2.12. The molecule has 0 fully saturated rings. The molecule has 1 aromatic carbocycles. The molecule has 0 aliphatic heterocycles. The molecule has 8 nitrogen and oxygen atoms in total. The summed E-state index contributed by atoms with van der Waals surface area (Å²) in [5.74, 6) is -0.886. The second-order valence-corrected chi connectivity index (χ2v) is 3.84. The first kappa shape index (κ1) is 12.6. The number of nitro groups is 1. The molecule has 0 bridgehead atoms. The zero-order chi connectivity index (χ0) is 14.0. The molecule has 0 saturated heterocycles. The summed E-state index contributed by atoms with van der Waals surface area (Å²) in [6, 6.07) is 3.41. The topological polar surface area (TPSA) is 110 Å². The number of phenols is 1. The number of imidazole rings is 1. The van der Waals surface area contributed by atoms with Gasteiger partial charge in [-0.15, -0.1) is 0 Å². The van der Waals surface area contributed by atoms with Crippen LogP contribution in [0, 0.1) is 10.1 Å². The first-order chi connectivity index (χ1) is 8.97. The molecule has 8 heteroatoms. The highest BCUT2D eigenvalue weighted by Gasteiger charge is 2.14. The summed E-state index contributed by atoms with van der Waals surface area (Å²) in [7, 11) is 1.72. The van der Waals surface area contributed by atoms with Gasteiger partial charge in [-0.3, -0.25) is 14.9 Å². The van der Waals surface area contributed by atoms with E-state index in [0.717, 1.165) is 6.07 Å². The summed E-state index contributed by atoms with van der Waals surface area (Å²) >= 11 is 0. The number of amides is 1. The molecule has 0 atom stereocenters. The van der Waals surface area contributed by atoms with Crippen LogP contribution >= 0.6 is 0 Å². The second-order valence-electron chi connectivity index (χ2n) is 3.84. The summed E-state index contributed by atoms with van der Waals surface area (Å²) < 4.78 is 1.60. The molecule has 0 saturated carbocycles. The number of benzene rings is 1. The highest BCUT2D eigenvalue weighted by molar-refractivity contribution is 6.03. The number of rotatable bonds is 3. The van der Waals surface area contributed by atoms with Gasteiger partial charge in [-0.25, -0.2) is 4.98 Å². The third-order valence-corrected chi connectivity index (χ3v) is 2.38. The number of nitrogens with one attached hydrogen (secondary N) is 1. The van der Waals surface area contributed by atoms with E-state index in [1.54, 1.807) is 11.6 Å². The average molecular weight is 262 g/mol. The van der Waals surface area contributed by atoms with E-state index >= 15 is 0 Å². The normalized spacial score (nSPS) is 10.2. The van der Waals surface area contributed by atoms with Crippen LogP contribution in [0.15, 0.2) is 30.7 Å². The van der Waals surface area contributed by atoms with E-state index in [4.69, 9.17) is 0 Å². The number of nitrogens with zero attached hydrogens (tertiary/aromatic N) is 3. The molecule has 0 unspecified atom stereocenters. The van der Waals surface area contributed by atoms with Crippen LogP contribution in [0.2, 0.25) is 0 Å². The fourth-order valence-electron chi connectivity index (χ4n) is 1.46. The SMILES string of the molecule is Cn1cnc(C(=O)Nc2ccc([N+](=O)[O-])cc2O)c1. The predicted octanol–water partition coefficient (Wildman–Crippen LogP) is 1.29. The number of carbonyl (C=O) groups is 1. The second kappa shape index (κ2) is 4.77. The zero-order valence-electron chi connectivity index (χ0n) is 9.90. The average Bonchev–Trinajstić information content (AvgIpc) is 2.78. The van der Waals surface area contributed by atoms with Crippen molar-refractivity contribution >= 4 is 17.3 Å². The van der Waals surface area contributed by atoms with Crippen LogP contribution in [0.1, 0.15) is 10.5 Å². The molecule has 2 N–H and O–H groups in total. The number of nitro benzene ring substituents is 1. The summed E-state index contributed by atoms with van der Waals surface area (Å²) in [5, 5.41) is 22.5. The minimum atomic E-state index is -0.635. The van der Waals surface area contributed by atoms with Crippen LogP contribution < -0.4 is 5.32 Å². The van der Waals surface area contributed by atoms with Gasteiger partial charge in [0.05, 0.1) is 23.0 Å². The largest absolute Gasteiger partial charge is 0.506 e. The third-order valence-electron chi connectivity index (χ3n) is 2.38. The number of phenolic OH excluding ortho intramolecular Hbond substituents is 1. The van der Waals surface area contributed by atoms with Gasteiger partial charge in [-0.2, -0.15) is 0 Å². The Labute approximate surface area is 107 Å². The molecule has 0 aliphatic carbocycles. The van der Waals surface area contributed by atoms with Gasteiger partial charge in [-0.1, -0.05) is 0 Å². The van der Waals surface area contributed by atoms with Crippen molar-refractivity contribution in [2.45, 2.75) is 0 Å². The Morgan fingerprint density at radius 2 is 2.26 bits per heavy atom. The molecule has 1 amide bonds. The Bertz CT molecular complexity index is 650. The first-order valence-electron chi connectivity index (χ1n) is 5.24. The van der Waals surface area contributed by atoms with Crippen molar-refractivity contribution in [3.05, 3.63) is 46.5 Å². The molecule has 2 rings (SSSR count). The number of carbonyl (C=O) groups excluding carboxylic acids is 1. The molecule has 19 heavy (non-hydrogen) atoms. The lowest BCUT2D eigenvalue weighted by atomic mass is 10.2. The maximum atomic E-state index is 11.8. The van der Waals surface area contributed by atoms with Crippen molar-refractivity contribution in [1.82, 2.24) is 9.55 Å². The summed E-state index contributed by atoms with van der Waals surface area (Å²) in [5.41, 5.74) is 0.00911. The summed E-state index contributed by atoms with van der Waals surface area (Å²) in [4.78, 5) is 25.5. The number of anilines is 1. The highest BCUT2D eigenvalue weighted by atomic mass is 16.6. The smallest absolute Gasteiger partial charge is 0.275 e. The maximum absolute atomic E-state index is 11.8. The molecule has 1 aromatic heterocycles. The van der Waals surface area contributed by atoms with Gasteiger partial charge in [0.2, 0.25) is 0 Å². The predicted molar refractivity (Wildman–Crippen MR) is 65.9 cm³/mol. The Morgan fingerprint density at radius 1 is 1.53 bits per heavy atom. The van der Waals surface area contributed by atoms with Gasteiger partial charge in [0, 0.05) is 19.3 Å². The minimum absolute atomic E-state index is 0.0845. The number of hydrogen-bond donors (Lipinski definition) is 2. The molecular formula is C11H10N4O4. The van der Waals surface area contributed by atoms with E-state index in [2.05, 4.69) is 10.3 Å². The molecule has 2 aromatic rings. The number of aryl methyl sites for hydroxylation is 1. The van der Waals surface area contributed by atoms with Crippen molar-refractivity contribution in [2.24, 2.45) is 7.05 Å². The van der Waals surface area contributed by atoms with Crippen LogP contribution in [0.25, 0.3) is 0 Å². The van der Waals surface area contributed by atoms with Crippen LogP contribution in [-0.2, 0) is 7.05 Å². The van der Waals surface area contributed by atoms with Gasteiger partial charge in [0.1, 0.15) is 11.4 Å². The molecule has 1 heterocycles. The Hall–Kier alpha value is -2.90. The standard InChI is InChI=1S/C11H10N4O4/c1-14-5-9(12-6-14)11(17)13-8-3-2-7(15(18)19)4-10(8)16/h2-6,16H,1H3,(H,13,17). The van der Waals surface area contributed by atoms with Crippen molar-refractivity contribution < 1.29 is 14.8 Å². The van der Waals surface area contributed by atoms with E-state index < -0.39 is 10.8 Å². The number of hydrogen-bond acceptors (Lipinski definition) is 5. The van der Waals surface area contributed by atoms with Crippen LogP contribution in [0.3, 0.4) is 0 Å². The van der Waals surface area contributed by atoms with Gasteiger partial charge >= 0.3 is 0 Å². The molecule has 0 aliphatic rings. The first-order valence-corrected chi connectivity index (χ1v) is 5.24. The monoisotopic (exact) mass is 262 g/mol. The number of non-ortho nitro benzene ring substituents is 1. The van der Waals surface area contributed by atoms with Gasteiger partial charge in [0.25, 0.3) is 11.6 Å². The molecule has 98 valence electrons. The van der Waals surface area contributed by atoms with Crippen molar-refractivity contribution in [2.75, 3.05) is 5.32 Å². The maximum Gasteiger partial charge on any atom is 0.275 e. The summed E-state index contributed by atoms with van der Waals surface area (Å²) in [6.07, 6.45) is 2.97. The third kappa shape index (κ3) is 2.68. The van der Waals surface area contributed by atoms with Gasteiger partial charge in [0.15, 0.2) is 0 Å². The van der Waals surface area contributed by atoms with E-state index in [-0.39, 0.29) is 22.8 Å². The minimum Gasteiger partial charge on any atom is -0.506 e. The molecule has 0 spiro atoms. The van der Waals surface area contributed by atoms with Crippen molar-refractivity contribution in [3.8, 4) is 5.75 Å². The lowest BCUT2D eigenvalue weighted by molar-refractivity contribution is -0.384. The lowest BCUT2D eigenvalue weighted by Gasteiger charge is -2.05. The van der Waals surface area contributed by atoms with Crippen molar-refractivity contribution in [3.63, 3.8) is 0 Å². The fourth-order valence-corrected chi connectivity index (χ4v) is 1.46. The van der Waals surface area contributed by atoms with E-state index in [0.29, 0.717) is 0 Å². The fraction of sp³-hybridized carbons (Fsp3) is 0.0909. The summed E-state index contributed by atoms with van der Waals surface area (Å²) in [6.45, 7) is 0. The quantitative estimate of drug-likeness (QED) is 0.492. The van der Waals surface area contributed by atoms with E-state index in [1.807, 2.05) is 0 Å². The van der Waals surface area contributed by atoms with E-state index in [9.17, 15) is 20.0 Å². The van der Waals surface area contributed by atoms with Gasteiger partial charge in [-0.05, 0) is 6.07 Å². The molecular weight excluding hydrogens is 252 g/mol. The van der Waals surface area contributed by atoms with Crippen molar-refractivity contribution in [1.29, 1.82) is 0 Å². The number of aromatic hydroxyl groups is 1. The molecule has 0 radical (unpaired) electrons. The highest BCUT2D eigenvalue weighted by Crippen LogP contribution is 2.28. The Morgan fingerprint density at radius 3 is 2.79 bits per heavy atom. The Balaban J connectivity index is 2.20. The van der Waals surface area contributed by atoms with Crippen LogP contribution in [0.5, 0.6) is 5.75 Å². The Kier molecular flexibility index (Phi) is 3.15. The zero-order valence-corrected chi connectivity index (χ0v) is 9.90. The number of aromatic nitrogens is 2. The van der Waals surface area contributed by atoms with Crippen LogP contribution in [-0.4, -0.2) is 25.5 Å². The van der Waals surface area contributed by atoms with E-state index in [1.165, 1.54) is 24.7 Å².